The van der Waals surface area contributed by atoms with Gasteiger partial charge in [-0.3, -0.25) is 0 Å². The molecule has 2 N–H and O–H groups in total. The highest BCUT2D eigenvalue weighted by atomic mass is 16.5. The summed E-state index contributed by atoms with van der Waals surface area (Å²) in [5, 5.41) is 4.10. The van der Waals surface area contributed by atoms with Gasteiger partial charge in [0.2, 0.25) is 11.7 Å². The molecule has 0 saturated carbocycles. The number of benzene rings is 1. The van der Waals surface area contributed by atoms with Crippen LogP contribution in [-0.2, 0) is 12.0 Å². The van der Waals surface area contributed by atoms with Crippen LogP contribution in [0.15, 0.2) is 28.8 Å². The van der Waals surface area contributed by atoms with Crippen molar-refractivity contribution < 1.29 is 4.52 Å². The standard InChI is InChI=1S/C16H23N3O/c1-11(2)9-16(3,4)15-18-14(19-20-15)13-7-5-12(10-17)6-8-13/h5-8,11H,9-10,17H2,1-4H3. The lowest BCUT2D eigenvalue weighted by molar-refractivity contribution is 0.275. The first kappa shape index (κ1) is 14.7. The van der Waals surface area contributed by atoms with Crippen LogP contribution in [0.25, 0.3) is 11.4 Å². The third-order valence-electron chi connectivity index (χ3n) is 3.37. The lowest BCUT2D eigenvalue weighted by Gasteiger charge is -2.21. The third-order valence-corrected chi connectivity index (χ3v) is 3.37. The molecule has 1 aromatic carbocycles. The zero-order valence-electron chi connectivity index (χ0n) is 12.7. The molecule has 20 heavy (non-hydrogen) atoms. The van der Waals surface area contributed by atoms with E-state index in [1.165, 1.54) is 0 Å². The summed E-state index contributed by atoms with van der Waals surface area (Å²) in [6.45, 7) is 9.22. The van der Waals surface area contributed by atoms with Gasteiger partial charge >= 0.3 is 0 Å². The molecule has 108 valence electrons. The van der Waals surface area contributed by atoms with E-state index in [0.717, 1.165) is 17.5 Å². The molecule has 0 spiro atoms. The summed E-state index contributed by atoms with van der Waals surface area (Å²) >= 11 is 0. The summed E-state index contributed by atoms with van der Waals surface area (Å²) < 4.78 is 5.46. The summed E-state index contributed by atoms with van der Waals surface area (Å²) in [6, 6.07) is 7.94. The Balaban J connectivity index is 2.23. The Hall–Kier alpha value is -1.68. The van der Waals surface area contributed by atoms with Crippen LogP contribution in [0.5, 0.6) is 0 Å². The molecule has 2 rings (SSSR count). The zero-order valence-corrected chi connectivity index (χ0v) is 12.7. The predicted molar refractivity (Wildman–Crippen MR) is 80.1 cm³/mol. The van der Waals surface area contributed by atoms with Gasteiger partial charge in [0, 0.05) is 17.5 Å². The van der Waals surface area contributed by atoms with Crippen LogP contribution < -0.4 is 5.73 Å². The second kappa shape index (κ2) is 5.75. The topological polar surface area (TPSA) is 64.9 Å². The van der Waals surface area contributed by atoms with Gasteiger partial charge < -0.3 is 10.3 Å². The molecule has 0 unspecified atom stereocenters. The van der Waals surface area contributed by atoms with E-state index in [0.29, 0.717) is 24.2 Å². The van der Waals surface area contributed by atoms with Gasteiger partial charge in [-0.05, 0) is 17.9 Å². The van der Waals surface area contributed by atoms with Crippen LogP contribution >= 0.6 is 0 Å². The largest absolute Gasteiger partial charge is 0.338 e. The normalized spacial score (nSPS) is 12.1. The number of hydrogen-bond donors (Lipinski definition) is 1. The number of rotatable bonds is 5. The Morgan fingerprint density at radius 3 is 2.40 bits per heavy atom. The van der Waals surface area contributed by atoms with Crippen LogP contribution in [0.4, 0.5) is 0 Å². The average Bonchev–Trinajstić information content (AvgIpc) is 2.88. The summed E-state index contributed by atoms with van der Waals surface area (Å²) in [6.07, 6.45) is 1.01. The van der Waals surface area contributed by atoms with Gasteiger partial charge in [0.05, 0.1) is 0 Å². The maximum absolute atomic E-state index is 5.60. The van der Waals surface area contributed by atoms with Gasteiger partial charge in [-0.15, -0.1) is 0 Å². The van der Waals surface area contributed by atoms with Crippen molar-refractivity contribution in [2.75, 3.05) is 0 Å². The van der Waals surface area contributed by atoms with Crippen molar-refractivity contribution in [3.63, 3.8) is 0 Å². The van der Waals surface area contributed by atoms with Crippen molar-refractivity contribution in [1.82, 2.24) is 10.1 Å². The van der Waals surface area contributed by atoms with Gasteiger partial charge in [-0.2, -0.15) is 4.98 Å². The summed E-state index contributed by atoms with van der Waals surface area (Å²) in [5.74, 6) is 1.92. The van der Waals surface area contributed by atoms with Crippen LogP contribution in [-0.4, -0.2) is 10.1 Å². The molecule has 0 aliphatic rings. The maximum Gasteiger partial charge on any atom is 0.232 e. The van der Waals surface area contributed by atoms with E-state index < -0.39 is 0 Å². The minimum atomic E-state index is -0.101. The molecule has 0 aliphatic carbocycles. The molecule has 0 radical (unpaired) electrons. The van der Waals surface area contributed by atoms with E-state index in [2.05, 4.69) is 37.8 Å². The maximum atomic E-state index is 5.60. The summed E-state index contributed by atoms with van der Waals surface area (Å²) in [7, 11) is 0. The number of aromatic nitrogens is 2. The van der Waals surface area contributed by atoms with Crippen LogP contribution in [0, 0.1) is 5.92 Å². The Morgan fingerprint density at radius 1 is 1.20 bits per heavy atom. The minimum absolute atomic E-state index is 0.101. The fourth-order valence-electron chi connectivity index (χ4n) is 2.51. The highest BCUT2D eigenvalue weighted by Crippen LogP contribution is 2.30. The van der Waals surface area contributed by atoms with E-state index in [4.69, 9.17) is 10.3 Å². The molecular formula is C16H23N3O. The molecular weight excluding hydrogens is 250 g/mol. The zero-order chi connectivity index (χ0) is 14.8. The van der Waals surface area contributed by atoms with Crippen LogP contribution in [0.1, 0.15) is 45.6 Å². The van der Waals surface area contributed by atoms with Gasteiger partial charge in [-0.25, -0.2) is 0 Å². The lowest BCUT2D eigenvalue weighted by Crippen LogP contribution is -2.20. The molecule has 0 aliphatic heterocycles. The van der Waals surface area contributed by atoms with Crippen molar-refractivity contribution in [2.24, 2.45) is 11.7 Å². The third kappa shape index (κ3) is 3.25. The predicted octanol–water partition coefficient (Wildman–Crippen LogP) is 3.52. The van der Waals surface area contributed by atoms with E-state index in [-0.39, 0.29) is 5.41 Å². The fraction of sp³-hybridized carbons (Fsp3) is 0.500. The molecule has 0 atom stereocenters. The average molecular weight is 273 g/mol. The second-order valence-electron chi connectivity index (χ2n) is 6.31. The van der Waals surface area contributed by atoms with Crippen molar-refractivity contribution in [3.05, 3.63) is 35.7 Å². The number of nitrogens with two attached hydrogens (primary N) is 1. The van der Waals surface area contributed by atoms with E-state index in [1.54, 1.807) is 0 Å². The summed E-state index contributed by atoms with van der Waals surface area (Å²) in [5.41, 5.74) is 7.55. The van der Waals surface area contributed by atoms with Gasteiger partial charge in [0.15, 0.2) is 0 Å². The molecule has 1 aromatic heterocycles. The molecule has 2 aromatic rings. The Kier molecular flexibility index (Phi) is 4.23. The number of nitrogens with zero attached hydrogens (tertiary/aromatic N) is 2. The fourth-order valence-corrected chi connectivity index (χ4v) is 2.51. The molecule has 4 heteroatoms. The van der Waals surface area contributed by atoms with E-state index in [9.17, 15) is 0 Å². The quantitative estimate of drug-likeness (QED) is 0.905. The molecule has 1 heterocycles. The van der Waals surface area contributed by atoms with Crippen molar-refractivity contribution in [2.45, 2.75) is 46.1 Å². The van der Waals surface area contributed by atoms with Crippen LogP contribution in [0.3, 0.4) is 0 Å². The molecule has 0 fully saturated rings. The Labute approximate surface area is 120 Å². The smallest absolute Gasteiger partial charge is 0.232 e. The Morgan fingerprint density at radius 2 is 1.85 bits per heavy atom. The highest BCUT2D eigenvalue weighted by Gasteiger charge is 2.28. The SMILES string of the molecule is CC(C)CC(C)(C)c1nc(-c2ccc(CN)cc2)no1. The first-order valence-electron chi connectivity index (χ1n) is 7.06. The van der Waals surface area contributed by atoms with Crippen LogP contribution in [0.2, 0.25) is 0 Å². The van der Waals surface area contributed by atoms with Crippen molar-refractivity contribution in [3.8, 4) is 11.4 Å². The Bertz CT molecular complexity index is 555. The first-order chi connectivity index (χ1) is 9.42. The summed E-state index contributed by atoms with van der Waals surface area (Å²) in [4.78, 5) is 4.55. The second-order valence-corrected chi connectivity index (χ2v) is 6.31. The number of hydrogen-bond acceptors (Lipinski definition) is 4. The first-order valence-corrected chi connectivity index (χ1v) is 7.06. The van der Waals surface area contributed by atoms with Gasteiger partial charge in [0.1, 0.15) is 0 Å². The van der Waals surface area contributed by atoms with Crippen molar-refractivity contribution >= 4 is 0 Å². The molecule has 0 amide bonds. The van der Waals surface area contributed by atoms with Gasteiger partial charge in [0.25, 0.3) is 0 Å². The van der Waals surface area contributed by atoms with E-state index in [1.807, 2.05) is 24.3 Å². The van der Waals surface area contributed by atoms with E-state index >= 15 is 0 Å². The molecule has 0 bridgehead atoms. The highest BCUT2D eigenvalue weighted by molar-refractivity contribution is 5.54. The molecule has 4 nitrogen and oxygen atoms in total. The van der Waals surface area contributed by atoms with Gasteiger partial charge in [-0.1, -0.05) is 57.1 Å². The lowest BCUT2D eigenvalue weighted by atomic mass is 9.84. The monoisotopic (exact) mass is 273 g/mol. The molecule has 0 saturated heterocycles. The minimum Gasteiger partial charge on any atom is -0.338 e. The van der Waals surface area contributed by atoms with Crippen molar-refractivity contribution in [1.29, 1.82) is 0 Å².